The fraction of sp³-hybridized carbons (Fsp3) is 0.818. The molecule has 1 N–H and O–H groups in total. The number of aliphatic hydroxyl groups is 1. The summed E-state index contributed by atoms with van der Waals surface area (Å²) in [6, 6.07) is 0. The molecule has 0 radical (unpaired) electrons. The molecule has 1 aliphatic rings. The van der Waals surface area contributed by atoms with E-state index in [1.807, 2.05) is 0 Å². The fourth-order valence-electron chi connectivity index (χ4n) is 2.05. The molecule has 1 saturated heterocycles. The summed E-state index contributed by atoms with van der Waals surface area (Å²) in [6.07, 6.45) is 3.11. The minimum Gasteiger partial charge on any atom is -0.396 e. The molecule has 0 aliphatic carbocycles. The highest BCUT2D eigenvalue weighted by Gasteiger charge is 2.21. The molecule has 102 valence electrons. The molecule has 5 nitrogen and oxygen atoms in total. The van der Waals surface area contributed by atoms with Gasteiger partial charge in [-0.3, -0.25) is 4.90 Å². The summed E-state index contributed by atoms with van der Waals surface area (Å²) in [5, 5.41) is 12.7. The largest absolute Gasteiger partial charge is 0.396 e. The maximum atomic E-state index is 8.69. The molecule has 0 bridgehead atoms. The van der Waals surface area contributed by atoms with Gasteiger partial charge in [0.2, 0.25) is 0 Å². The summed E-state index contributed by atoms with van der Waals surface area (Å²) < 4.78 is 10.2. The minimum atomic E-state index is 0.203. The third kappa shape index (κ3) is 4.13. The minimum absolute atomic E-state index is 0.203. The van der Waals surface area contributed by atoms with E-state index in [-0.39, 0.29) is 6.61 Å². The number of aliphatic hydroxyl groups excluding tert-OH is 1. The number of aromatic nitrogens is 2. The van der Waals surface area contributed by atoms with Crippen molar-refractivity contribution < 1.29 is 9.84 Å². The molecule has 0 spiro atoms. The van der Waals surface area contributed by atoms with Crippen LogP contribution in [-0.4, -0.2) is 52.0 Å². The van der Waals surface area contributed by atoms with Crippen LogP contribution in [0.25, 0.3) is 0 Å². The molecule has 0 unspecified atom stereocenters. The van der Waals surface area contributed by atoms with Crippen LogP contribution in [0.4, 0.5) is 0 Å². The maximum Gasteiger partial charge on any atom is 0.138 e. The number of piperidine rings is 1. The monoisotopic (exact) mass is 291 g/mol. The summed E-state index contributed by atoms with van der Waals surface area (Å²) in [6.45, 7) is 3.63. The lowest BCUT2D eigenvalue weighted by Crippen LogP contribution is -2.36. The Hall–Kier alpha value is -0.270. The molecular weight excluding hydrogens is 274 g/mol. The fourth-order valence-corrected chi connectivity index (χ4v) is 2.66. The molecule has 1 fully saturated rings. The van der Waals surface area contributed by atoms with Gasteiger partial charge in [0, 0.05) is 44.4 Å². The van der Waals surface area contributed by atoms with Gasteiger partial charge in [0.25, 0.3) is 0 Å². The Morgan fingerprint density at radius 2 is 2.22 bits per heavy atom. The van der Waals surface area contributed by atoms with Crippen LogP contribution in [0.1, 0.15) is 25.0 Å². The van der Waals surface area contributed by atoms with Crippen LogP contribution in [0, 0.1) is 0 Å². The zero-order valence-corrected chi connectivity index (χ0v) is 11.8. The van der Waals surface area contributed by atoms with Gasteiger partial charge in [0.05, 0.1) is 6.10 Å². The molecule has 0 amide bonds. The van der Waals surface area contributed by atoms with Gasteiger partial charge in [-0.15, -0.1) is 5.10 Å². The van der Waals surface area contributed by atoms with E-state index in [1.165, 1.54) is 11.5 Å². The lowest BCUT2D eigenvalue weighted by molar-refractivity contribution is 0.000583. The van der Waals surface area contributed by atoms with Gasteiger partial charge in [0.15, 0.2) is 0 Å². The molecular formula is C11H18ClN3O2S. The van der Waals surface area contributed by atoms with Crippen molar-refractivity contribution in [3.8, 4) is 0 Å². The average molecular weight is 292 g/mol. The number of hydrogen-bond acceptors (Lipinski definition) is 6. The van der Waals surface area contributed by atoms with E-state index in [9.17, 15) is 0 Å². The number of nitrogens with zero attached hydrogens (tertiary/aromatic N) is 3. The first-order valence-electron chi connectivity index (χ1n) is 6.21. The summed E-state index contributed by atoms with van der Waals surface area (Å²) >= 11 is 7.23. The van der Waals surface area contributed by atoms with E-state index in [1.54, 1.807) is 0 Å². The quantitative estimate of drug-likeness (QED) is 0.806. The topological polar surface area (TPSA) is 58.5 Å². The Bertz CT molecular complexity index is 356. The van der Waals surface area contributed by atoms with Crippen molar-refractivity contribution in [1.82, 2.24) is 14.5 Å². The van der Waals surface area contributed by atoms with E-state index in [4.69, 9.17) is 21.4 Å². The third-order valence-corrected chi connectivity index (χ3v) is 4.06. The zero-order chi connectivity index (χ0) is 12.8. The van der Waals surface area contributed by atoms with Gasteiger partial charge < -0.3 is 9.84 Å². The van der Waals surface area contributed by atoms with Crippen LogP contribution in [0.5, 0.6) is 0 Å². The smallest absolute Gasteiger partial charge is 0.138 e. The first kappa shape index (κ1) is 14.1. The Balaban J connectivity index is 1.69. The highest BCUT2D eigenvalue weighted by molar-refractivity contribution is 7.10. The van der Waals surface area contributed by atoms with Gasteiger partial charge >= 0.3 is 0 Å². The molecule has 18 heavy (non-hydrogen) atoms. The van der Waals surface area contributed by atoms with E-state index < -0.39 is 0 Å². The summed E-state index contributed by atoms with van der Waals surface area (Å²) in [5.74, 6) is 0. The van der Waals surface area contributed by atoms with Crippen molar-refractivity contribution in [2.45, 2.75) is 31.9 Å². The number of likely N-dealkylation sites (tertiary alicyclic amines) is 1. The lowest BCUT2D eigenvalue weighted by Gasteiger charge is -2.31. The number of ether oxygens (including phenoxy) is 1. The highest BCUT2D eigenvalue weighted by atomic mass is 35.5. The molecule has 0 aromatic carbocycles. The van der Waals surface area contributed by atoms with Crippen molar-refractivity contribution in [2.75, 3.05) is 26.3 Å². The highest BCUT2D eigenvalue weighted by Crippen LogP contribution is 2.21. The van der Waals surface area contributed by atoms with Gasteiger partial charge in [-0.05, 0) is 19.3 Å². The SMILES string of the molecule is OCCCOC1CCN(Cc2nnsc2Cl)CC1. The molecule has 1 aromatic heterocycles. The average Bonchev–Trinajstić information content (AvgIpc) is 2.78. The number of hydrogen-bond donors (Lipinski definition) is 1. The predicted molar refractivity (Wildman–Crippen MR) is 70.9 cm³/mol. The summed E-state index contributed by atoms with van der Waals surface area (Å²) in [4.78, 5) is 2.33. The lowest BCUT2D eigenvalue weighted by atomic mass is 10.1. The van der Waals surface area contributed by atoms with E-state index in [0.29, 0.717) is 17.0 Å². The van der Waals surface area contributed by atoms with E-state index in [2.05, 4.69) is 14.5 Å². The Morgan fingerprint density at radius 1 is 1.44 bits per heavy atom. The molecule has 1 aromatic rings. The normalized spacial score (nSPS) is 18.3. The van der Waals surface area contributed by atoms with Crippen molar-refractivity contribution in [2.24, 2.45) is 0 Å². The van der Waals surface area contributed by atoms with Crippen LogP contribution in [0.15, 0.2) is 0 Å². The maximum absolute atomic E-state index is 8.69. The van der Waals surface area contributed by atoms with Crippen molar-refractivity contribution >= 4 is 23.1 Å². The molecule has 2 heterocycles. The van der Waals surface area contributed by atoms with Crippen LogP contribution in [0.3, 0.4) is 0 Å². The third-order valence-electron chi connectivity index (χ3n) is 3.07. The number of rotatable bonds is 6. The number of halogens is 1. The van der Waals surface area contributed by atoms with E-state index in [0.717, 1.165) is 44.6 Å². The first-order valence-corrected chi connectivity index (χ1v) is 7.36. The standard InChI is InChI=1S/C11H18ClN3O2S/c12-11-10(13-14-18-11)8-15-4-2-9(3-5-15)17-7-1-6-16/h9,16H,1-8H2. The van der Waals surface area contributed by atoms with Gasteiger partial charge in [-0.2, -0.15) is 0 Å². The second kappa shape index (κ2) is 7.35. The van der Waals surface area contributed by atoms with Crippen LogP contribution >= 0.6 is 23.1 Å². The van der Waals surface area contributed by atoms with Crippen molar-refractivity contribution in [3.63, 3.8) is 0 Å². The van der Waals surface area contributed by atoms with Crippen LogP contribution in [-0.2, 0) is 11.3 Å². The summed E-state index contributed by atoms with van der Waals surface area (Å²) in [7, 11) is 0. The molecule has 0 saturated carbocycles. The summed E-state index contributed by atoms with van der Waals surface area (Å²) in [5.41, 5.74) is 0.876. The van der Waals surface area contributed by atoms with E-state index >= 15 is 0 Å². The molecule has 2 rings (SSSR count). The Kier molecular flexibility index (Phi) is 5.78. The Labute approximate surface area is 116 Å². The first-order chi connectivity index (χ1) is 8.79. The van der Waals surface area contributed by atoms with Gasteiger partial charge in [-0.25, -0.2) is 0 Å². The van der Waals surface area contributed by atoms with Gasteiger partial charge in [0.1, 0.15) is 10.0 Å². The molecule has 1 aliphatic heterocycles. The second-order valence-corrected chi connectivity index (χ2v) is 5.77. The zero-order valence-electron chi connectivity index (χ0n) is 10.2. The van der Waals surface area contributed by atoms with Crippen LogP contribution < -0.4 is 0 Å². The second-order valence-electron chi connectivity index (χ2n) is 4.42. The Morgan fingerprint density at radius 3 is 2.83 bits per heavy atom. The predicted octanol–water partition coefficient (Wildman–Crippen LogP) is 1.55. The van der Waals surface area contributed by atoms with Gasteiger partial charge in [-0.1, -0.05) is 16.1 Å². The van der Waals surface area contributed by atoms with Crippen LogP contribution in [0.2, 0.25) is 4.34 Å². The van der Waals surface area contributed by atoms with Crippen molar-refractivity contribution in [1.29, 1.82) is 0 Å². The molecule has 0 atom stereocenters. The molecule has 7 heteroatoms. The van der Waals surface area contributed by atoms with Crippen molar-refractivity contribution in [3.05, 3.63) is 10.0 Å².